The molecule has 0 spiro atoms. The molecule has 0 aliphatic carbocycles. The molecule has 0 atom stereocenters. The molecule has 1 aromatic heterocycles. The van der Waals surface area contributed by atoms with Crippen molar-refractivity contribution in [3.05, 3.63) is 22.8 Å². The van der Waals surface area contributed by atoms with E-state index in [0.717, 1.165) is 10.6 Å². The van der Waals surface area contributed by atoms with Gasteiger partial charge in [-0.15, -0.1) is 0 Å². The Bertz CT molecular complexity index is 405. The first kappa shape index (κ1) is 10.5. The van der Waals surface area contributed by atoms with Crippen molar-refractivity contribution in [1.82, 2.24) is 4.98 Å². The Labute approximate surface area is 85.8 Å². The van der Waals surface area contributed by atoms with E-state index in [9.17, 15) is 8.42 Å². The van der Waals surface area contributed by atoms with E-state index in [0.29, 0.717) is 10.3 Å². The zero-order valence-corrected chi connectivity index (χ0v) is 9.63. The highest BCUT2D eigenvalue weighted by atomic mass is 79.9. The van der Waals surface area contributed by atoms with Gasteiger partial charge in [0.05, 0.1) is 10.7 Å². The van der Waals surface area contributed by atoms with E-state index in [2.05, 4.69) is 20.9 Å². The quantitative estimate of drug-likeness (QED) is 0.808. The summed E-state index contributed by atoms with van der Waals surface area (Å²) in [6.45, 7) is 0. The molecule has 0 radical (unpaired) electrons. The maximum Gasteiger partial charge on any atom is 0.233 e. The molecule has 13 heavy (non-hydrogen) atoms. The third kappa shape index (κ3) is 2.41. The van der Waals surface area contributed by atoms with Crippen LogP contribution in [0.25, 0.3) is 0 Å². The summed E-state index contributed by atoms with van der Waals surface area (Å²) in [6.07, 6.45) is 2.68. The highest BCUT2D eigenvalue weighted by molar-refractivity contribution is 9.10. The summed E-state index contributed by atoms with van der Waals surface area (Å²) in [4.78, 5) is 3.94. The summed E-state index contributed by atoms with van der Waals surface area (Å²) in [5.41, 5.74) is 0. The molecule has 0 saturated carbocycles. The molecule has 1 heterocycles. The molecule has 72 valence electrons. The van der Waals surface area contributed by atoms with Crippen LogP contribution in [0.15, 0.2) is 22.8 Å². The molecular formula is C7H9BrN2O2S. The van der Waals surface area contributed by atoms with Gasteiger partial charge >= 0.3 is 0 Å². The van der Waals surface area contributed by atoms with Gasteiger partial charge in [0.25, 0.3) is 0 Å². The first-order valence-corrected chi connectivity index (χ1v) is 6.11. The first-order valence-electron chi connectivity index (χ1n) is 3.47. The minimum absolute atomic E-state index is 0.394. The molecule has 1 rings (SSSR count). The first-order chi connectivity index (χ1) is 5.93. The molecule has 0 saturated heterocycles. The van der Waals surface area contributed by atoms with Crippen molar-refractivity contribution in [2.24, 2.45) is 0 Å². The average Bonchev–Trinajstić information content (AvgIpc) is 2.02. The molecule has 1 aromatic rings. The number of anilines is 1. The molecule has 0 N–H and O–H groups in total. The van der Waals surface area contributed by atoms with E-state index in [-0.39, 0.29) is 0 Å². The Morgan fingerprint density at radius 1 is 1.54 bits per heavy atom. The lowest BCUT2D eigenvalue weighted by atomic mass is 10.5. The van der Waals surface area contributed by atoms with Crippen molar-refractivity contribution < 1.29 is 8.42 Å². The molecule has 0 bridgehead atoms. The lowest BCUT2D eigenvalue weighted by molar-refractivity contribution is 0.599. The normalized spacial score (nSPS) is 11.3. The van der Waals surface area contributed by atoms with Crippen LogP contribution < -0.4 is 4.31 Å². The number of hydrogen-bond donors (Lipinski definition) is 0. The van der Waals surface area contributed by atoms with Crippen LogP contribution in [0.5, 0.6) is 0 Å². The van der Waals surface area contributed by atoms with E-state index >= 15 is 0 Å². The van der Waals surface area contributed by atoms with Crippen LogP contribution in [0.1, 0.15) is 0 Å². The van der Waals surface area contributed by atoms with Crippen LogP contribution in [0.4, 0.5) is 5.82 Å². The van der Waals surface area contributed by atoms with Crippen molar-refractivity contribution >= 4 is 31.8 Å². The van der Waals surface area contributed by atoms with Gasteiger partial charge in [-0.1, -0.05) is 0 Å². The summed E-state index contributed by atoms with van der Waals surface area (Å²) >= 11 is 3.22. The summed E-state index contributed by atoms with van der Waals surface area (Å²) in [7, 11) is -1.78. The van der Waals surface area contributed by atoms with Crippen LogP contribution in [0.3, 0.4) is 0 Å². The van der Waals surface area contributed by atoms with Crippen LogP contribution >= 0.6 is 15.9 Å². The van der Waals surface area contributed by atoms with E-state index in [1.54, 1.807) is 18.3 Å². The number of sulfonamides is 1. The second-order valence-corrected chi connectivity index (χ2v) is 5.41. The fourth-order valence-electron chi connectivity index (χ4n) is 0.766. The van der Waals surface area contributed by atoms with Crippen molar-refractivity contribution in [3.8, 4) is 0 Å². The van der Waals surface area contributed by atoms with Crippen LogP contribution in [0.2, 0.25) is 0 Å². The Kier molecular flexibility index (Phi) is 2.92. The fourth-order valence-corrected chi connectivity index (χ4v) is 1.86. The largest absolute Gasteiger partial charge is 0.256 e. The smallest absolute Gasteiger partial charge is 0.233 e. The molecular weight excluding hydrogens is 256 g/mol. The van der Waals surface area contributed by atoms with Gasteiger partial charge in [-0.3, -0.25) is 4.31 Å². The van der Waals surface area contributed by atoms with Crippen molar-refractivity contribution in [2.75, 3.05) is 17.6 Å². The van der Waals surface area contributed by atoms with Crippen molar-refractivity contribution in [3.63, 3.8) is 0 Å². The number of rotatable bonds is 2. The van der Waals surface area contributed by atoms with Gasteiger partial charge in [-0.05, 0) is 28.1 Å². The summed E-state index contributed by atoms with van der Waals surface area (Å²) in [6, 6.07) is 3.47. The average molecular weight is 265 g/mol. The van der Waals surface area contributed by atoms with Gasteiger partial charge in [0.2, 0.25) is 10.0 Å². The van der Waals surface area contributed by atoms with Crippen LogP contribution in [-0.4, -0.2) is 26.7 Å². The molecule has 0 fully saturated rings. The predicted molar refractivity (Wildman–Crippen MR) is 55.2 cm³/mol. The molecule has 4 nitrogen and oxygen atoms in total. The van der Waals surface area contributed by atoms with Crippen molar-refractivity contribution in [1.29, 1.82) is 0 Å². The Balaban J connectivity index is 3.17. The lowest BCUT2D eigenvalue weighted by Gasteiger charge is -2.16. The van der Waals surface area contributed by atoms with Gasteiger partial charge in [-0.25, -0.2) is 13.4 Å². The Morgan fingerprint density at radius 2 is 2.15 bits per heavy atom. The van der Waals surface area contributed by atoms with Crippen molar-refractivity contribution in [2.45, 2.75) is 0 Å². The van der Waals surface area contributed by atoms with Gasteiger partial charge < -0.3 is 0 Å². The second-order valence-electron chi connectivity index (χ2n) is 2.54. The maximum atomic E-state index is 11.1. The number of halogens is 1. The molecule has 0 aliphatic rings. The molecule has 0 aliphatic heterocycles. The van der Waals surface area contributed by atoms with E-state index in [1.165, 1.54) is 7.05 Å². The standard InChI is InChI=1S/C7H9BrN2O2S/c1-10(13(2,11)12)7-6(8)4-3-5-9-7/h3-5H,1-2H3. The number of nitrogens with zero attached hydrogens (tertiary/aromatic N) is 2. The Morgan fingerprint density at radius 3 is 2.62 bits per heavy atom. The van der Waals surface area contributed by atoms with Gasteiger partial charge in [-0.2, -0.15) is 0 Å². The predicted octanol–water partition coefficient (Wildman–Crippen LogP) is 1.24. The highest BCUT2D eigenvalue weighted by Crippen LogP contribution is 2.23. The summed E-state index contributed by atoms with van der Waals surface area (Å²) in [5.74, 6) is 0.394. The molecule has 0 unspecified atom stereocenters. The molecule has 0 amide bonds. The minimum atomic E-state index is -3.24. The highest BCUT2D eigenvalue weighted by Gasteiger charge is 2.15. The summed E-state index contributed by atoms with van der Waals surface area (Å²) < 4.78 is 24.1. The zero-order valence-electron chi connectivity index (χ0n) is 7.23. The minimum Gasteiger partial charge on any atom is -0.256 e. The number of hydrogen-bond acceptors (Lipinski definition) is 3. The van der Waals surface area contributed by atoms with Gasteiger partial charge in [0.15, 0.2) is 5.82 Å². The van der Waals surface area contributed by atoms with E-state index in [1.807, 2.05) is 0 Å². The molecule has 0 aromatic carbocycles. The third-order valence-electron chi connectivity index (χ3n) is 1.53. The molecule has 6 heteroatoms. The van der Waals surface area contributed by atoms with Crippen LogP contribution in [0, 0.1) is 0 Å². The Hall–Kier alpha value is -0.620. The van der Waals surface area contributed by atoms with E-state index < -0.39 is 10.0 Å². The number of aromatic nitrogens is 1. The van der Waals surface area contributed by atoms with Crippen LogP contribution in [-0.2, 0) is 10.0 Å². The maximum absolute atomic E-state index is 11.1. The van der Waals surface area contributed by atoms with Gasteiger partial charge in [0, 0.05) is 13.2 Å². The summed E-state index contributed by atoms with van der Waals surface area (Å²) in [5, 5.41) is 0. The van der Waals surface area contributed by atoms with E-state index in [4.69, 9.17) is 0 Å². The fraction of sp³-hybridized carbons (Fsp3) is 0.286. The topological polar surface area (TPSA) is 50.3 Å². The number of pyridine rings is 1. The van der Waals surface area contributed by atoms with Gasteiger partial charge in [0.1, 0.15) is 0 Å². The monoisotopic (exact) mass is 264 g/mol. The lowest BCUT2D eigenvalue weighted by Crippen LogP contribution is -2.25. The zero-order chi connectivity index (χ0) is 10.1. The third-order valence-corrected chi connectivity index (χ3v) is 3.32. The second kappa shape index (κ2) is 3.63. The SMILES string of the molecule is CN(c1ncccc1Br)S(C)(=O)=O.